The Morgan fingerprint density at radius 2 is 2.05 bits per heavy atom. The molecule has 1 aromatic rings. The van der Waals surface area contributed by atoms with Gasteiger partial charge in [0.25, 0.3) is 0 Å². The lowest BCUT2D eigenvalue weighted by Crippen LogP contribution is -2.40. The Morgan fingerprint density at radius 1 is 1.38 bits per heavy atom. The molecule has 1 aromatic carbocycles. The summed E-state index contributed by atoms with van der Waals surface area (Å²) in [6, 6.07) is 1.26. The van der Waals surface area contributed by atoms with E-state index in [2.05, 4.69) is 5.32 Å². The molecule has 0 saturated carbocycles. The average Bonchev–Trinajstić information content (AvgIpc) is 2.72. The van der Waals surface area contributed by atoms with Gasteiger partial charge in [0, 0.05) is 12.1 Å². The van der Waals surface area contributed by atoms with E-state index in [1.807, 2.05) is 0 Å². The number of imide groups is 1. The van der Waals surface area contributed by atoms with Crippen LogP contribution in [0.5, 0.6) is 0 Å². The van der Waals surface area contributed by atoms with Crippen LogP contribution in [0.2, 0.25) is 0 Å². The maximum Gasteiger partial charge on any atom is 0.419 e. The van der Waals surface area contributed by atoms with E-state index in [4.69, 9.17) is 4.74 Å². The van der Waals surface area contributed by atoms with Crippen molar-refractivity contribution in [2.24, 2.45) is 0 Å². The van der Waals surface area contributed by atoms with Gasteiger partial charge >= 0.3 is 12.1 Å². The lowest BCUT2D eigenvalue weighted by molar-refractivity contribution is 0.0296. The molecule has 1 heterocycles. The molecule has 7 heteroatoms. The van der Waals surface area contributed by atoms with Gasteiger partial charge < -0.3 is 10.1 Å². The summed E-state index contributed by atoms with van der Waals surface area (Å²) in [7, 11) is 0. The van der Waals surface area contributed by atoms with Gasteiger partial charge in [-0.3, -0.25) is 0 Å². The van der Waals surface area contributed by atoms with E-state index < -0.39 is 35.4 Å². The van der Waals surface area contributed by atoms with Crippen LogP contribution in [0.3, 0.4) is 0 Å². The summed E-state index contributed by atoms with van der Waals surface area (Å²) in [4.78, 5) is 24.6. The molecule has 1 saturated heterocycles. The predicted molar refractivity (Wildman–Crippen MR) is 70.6 cm³/mol. The average molecular weight is 298 g/mol. The minimum atomic E-state index is -0.942. The van der Waals surface area contributed by atoms with Crippen molar-refractivity contribution in [1.29, 1.82) is 0 Å². The quantitative estimate of drug-likeness (QED) is 0.867. The maximum atomic E-state index is 13.8. The molecule has 114 valence electrons. The largest absolute Gasteiger partial charge is 0.443 e. The Hall–Kier alpha value is -2.18. The maximum absolute atomic E-state index is 13.8. The Bertz CT molecular complexity index is 584. The van der Waals surface area contributed by atoms with Crippen molar-refractivity contribution in [3.63, 3.8) is 0 Å². The van der Waals surface area contributed by atoms with Crippen LogP contribution in [0.15, 0.2) is 18.2 Å². The van der Waals surface area contributed by atoms with Crippen LogP contribution in [0.4, 0.5) is 18.4 Å². The molecule has 0 radical (unpaired) electrons. The third-order valence-corrected chi connectivity index (χ3v) is 2.88. The van der Waals surface area contributed by atoms with E-state index in [-0.39, 0.29) is 12.1 Å². The molecule has 1 atom stereocenters. The molecule has 2 rings (SSSR count). The number of amides is 3. The second-order valence-electron chi connectivity index (χ2n) is 5.72. The number of carbonyl (C=O) groups excluding carboxylic acids is 2. The fraction of sp³-hybridized carbons (Fsp3) is 0.429. The molecule has 0 spiro atoms. The summed E-state index contributed by atoms with van der Waals surface area (Å²) in [6.45, 7) is 4.95. The summed E-state index contributed by atoms with van der Waals surface area (Å²) in [6.07, 6.45) is -0.897. The minimum absolute atomic E-state index is 0.00154. The lowest BCUT2D eigenvalue weighted by atomic mass is 10.1. The third kappa shape index (κ3) is 3.29. The number of nitrogens with one attached hydrogen (secondary N) is 1. The predicted octanol–water partition coefficient (Wildman–Crippen LogP) is 2.97. The van der Waals surface area contributed by atoms with Crippen LogP contribution in [0.1, 0.15) is 32.4 Å². The normalized spacial score (nSPS) is 18.6. The second kappa shape index (κ2) is 5.31. The molecule has 0 aliphatic carbocycles. The number of nitrogens with zero attached hydrogens (tertiary/aromatic N) is 1. The van der Waals surface area contributed by atoms with Crippen molar-refractivity contribution in [1.82, 2.24) is 10.2 Å². The Kier molecular flexibility index (Phi) is 3.85. The summed E-state index contributed by atoms with van der Waals surface area (Å²) >= 11 is 0. The van der Waals surface area contributed by atoms with Crippen LogP contribution in [-0.4, -0.2) is 29.2 Å². The van der Waals surface area contributed by atoms with Gasteiger partial charge in [-0.05, 0) is 39.0 Å². The summed E-state index contributed by atoms with van der Waals surface area (Å²) in [5.74, 6) is -1.33. The number of ether oxygens (including phenoxy) is 1. The van der Waals surface area contributed by atoms with Crippen LogP contribution in [0.25, 0.3) is 0 Å². The molecule has 1 aliphatic rings. The molecule has 1 aliphatic heterocycles. The van der Waals surface area contributed by atoms with Gasteiger partial charge in [0.2, 0.25) is 0 Å². The number of benzene rings is 1. The minimum Gasteiger partial charge on any atom is -0.443 e. The molecular formula is C14H16F2N2O3. The number of hydrogen-bond acceptors (Lipinski definition) is 3. The number of hydrogen-bond donors (Lipinski definition) is 1. The van der Waals surface area contributed by atoms with Crippen LogP contribution >= 0.6 is 0 Å². The molecule has 5 nitrogen and oxygen atoms in total. The highest BCUT2D eigenvalue weighted by Crippen LogP contribution is 2.29. The zero-order chi connectivity index (χ0) is 15.8. The SMILES string of the molecule is CC(C)(C)OC(=O)N1C(=O)NCC1c1cc(F)ccc1F. The first-order chi connectivity index (χ1) is 9.69. The summed E-state index contributed by atoms with van der Waals surface area (Å²) in [5, 5.41) is 2.43. The summed E-state index contributed by atoms with van der Waals surface area (Å²) in [5.41, 5.74) is -0.871. The highest BCUT2D eigenvalue weighted by molar-refractivity contribution is 5.93. The first kappa shape index (κ1) is 15.2. The zero-order valence-electron chi connectivity index (χ0n) is 11.9. The first-order valence-electron chi connectivity index (χ1n) is 6.44. The van der Waals surface area contributed by atoms with Crippen molar-refractivity contribution >= 4 is 12.1 Å². The van der Waals surface area contributed by atoms with Gasteiger partial charge in [-0.1, -0.05) is 0 Å². The first-order valence-corrected chi connectivity index (χ1v) is 6.44. The van der Waals surface area contributed by atoms with Crippen molar-refractivity contribution in [2.75, 3.05) is 6.54 Å². The smallest absolute Gasteiger partial charge is 0.419 e. The highest BCUT2D eigenvalue weighted by atomic mass is 19.1. The van der Waals surface area contributed by atoms with E-state index in [0.29, 0.717) is 0 Å². The van der Waals surface area contributed by atoms with Gasteiger partial charge in [0.1, 0.15) is 17.2 Å². The van der Waals surface area contributed by atoms with Gasteiger partial charge in [0.15, 0.2) is 0 Å². The molecule has 0 aromatic heterocycles. The topological polar surface area (TPSA) is 58.6 Å². The standard InChI is InChI=1S/C14H16F2N2O3/c1-14(2,3)21-13(20)18-11(7-17-12(18)19)9-6-8(15)4-5-10(9)16/h4-6,11H,7H2,1-3H3,(H,17,19). The van der Waals surface area contributed by atoms with Crippen LogP contribution in [0, 0.1) is 11.6 Å². The van der Waals surface area contributed by atoms with E-state index in [0.717, 1.165) is 23.1 Å². The molecule has 0 bridgehead atoms. The number of carbonyl (C=O) groups is 2. The Morgan fingerprint density at radius 3 is 2.67 bits per heavy atom. The van der Waals surface area contributed by atoms with Crippen molar-refractivity contribution in [2.45, 2.75) is 32.4 Å². The Labute approximate surface area is 120 Å². The summed E-state index contributed by atoms with van der Waals surface area (Å²) < 4.78 is 32.3. The second-order valence-corrected chi connectivity index (χ2v) is 5.72. The van der Waals surface area contributed by atoms with E-state index >= 15 is 0 Å². The molecule has 3 amide bonds. The van der Waals surface area contributed by atoms with Crippen molar-refractivity contribution in [3.8, 4) is 0 Å². The molecule has 21 heavy (non-hydrogen) atoms. The van der Waals surface area contributed by atoms with Gasteiger partial charge in [-0.2, -0.15) is 0 Å². The van der Waals surface area contributed by atoms with E-state index in [1.165, 1.54) is 0 Å². The zero-order valence-corrected chi connectivity index (χ0v) is 11.9. The number of rotatable bonds is 1. The molecule has 1 fully saturated rings. The fourth-order valence-electron chi connectivity index (χ4n) is 2.04. The number of urea groups is 1. The van der Waals surface area contributed by atoms with Crippen LogP contribution in [-0.2, 0) is 4.74 Å². The molecular weight excluding hydrogens is 282 g/mol. The monoisotopic (exact) mass is 298 g/mol. The van der Waals surface area contributed by atoms with Crippen LogP contribution < -0.4 is 5.32 Å². The number of halogens is 2. The van der Waals surface area contributed by atoms with Crippen molar-refractivity contribution in [3.05, 3.63) is 35.4 Å². The Balaban J connectivity index is 2.32. The van der Waals surface area contributed by atoms with Gasteiger partial charge in [0.05, 0.1) is 6.04 Å². The van der Waals surface area contributed by atoms with Gasteiger partial charge in [-0.15, -0.1) is 0 Å². The third-order valence-electron chi connectivity index (χ3n) is 2.88. The van der Waals surface area contributed by atoms with Gasteiger partial charge in [-0.25, -0.2) is 23.3 Å². The van der Waals surface area contributed by atoms with Crippen molar-refractivity contribution < 1.29 is 23.1 Å². The lowest BCUT2D eigenvalue weighted by Gasteiger charge is -2.26. The van der Waals surface area contributed by atoms with E-state index in [9.17, 15) is 18.4 Å². The molecule has 1 N–H and O–H groups in total. The molecule has 1 unspecified atom stereocenters. The fourth-order valence-corrected chi connectivity index (χ4v) is 2.04. The van der Waals surface area contributed by atoms with E-state index in [1.54, 1.807) is 20.8 Å². The highest BCUT2D eigenvalue weighted by Gasteiger charge is 2.40.